The van der Waals surface area contributed by atoms with Gasteiger partial charge in [0, 0.05) is 35.7 Å². The lowest BCUT2D eigenvalue weighted by atomic mass is 10.0. The van der Waals surface area contributed by atoms with Crippen LogP contribution in [-0.4, -0.2) is 28.5 Å². The summed E-state index contributed by atoms with van der Waals surface area (Å²) in [6.45, 7) is 0.535. The smallest absolute Gasteiger partial charge is 0.220 e. The molecule has 1 aromatic carbocycles. The van der Waals surface area contributed by atoms with E-state index in [2.05, 4.69) is 32.8 Å². The van der Waals surface area contributed by atoms with Crippen molar-refractivity contribution in [1.29, 1.82) is 0 Å². The SMILES string of the molecule is O=C(CCCc1cccs1)NC[C@H]1Cc2cc(-c3cnccn3)ccc2O1. The number of ether oxygens (including phenoxy) is 1. The highest BCUT2D eigenvalue weighted by Gasteiger charge is 2.23. The van der Waals surface area contributed by atoms with Crippen LogP contribution >= 0.6 is 11.3 Å². The summed E-state index contributed by atoms with van der Waals surface area (Å²) in [5.41, 5.74) is 3.03. The fourth-order valence-electron chi connectivity index (χ4n) is 3.24. The molecule has 3 heterocycles. The van der Waals surface area contributed by atoms with E-state index in [9.17, 15) is 4.79 Å². The normalized spacial score (nSPS) is 15.2. The number of aromatic nitrogens is 2. The highest BCUT2D eigenvalue weighted by atomic mass is 32.1. The summed E-state index contributed by atoms with van der Waals surface area (Å²) in [4.78, 5) is 21.9. The lowest BCUT2D eigenvalue weighted by Crippen LogP contribution is -2.34. The van der Waals surface area contributed by atoms with Crippen molar-refractivity contribution in [3.63, 3.8) is 0 Å². The van der Waals surface area contributed by atoms with Crippen LogP contribution < -0.4 is 10.1 Å². The molecule has 2 aromatic heterocycles. The minimum Gasteiger partial charge on any atom is -0.488 e. The van der Waals surface area contributed by atoms with E-state index in [-0.39, 0.29) is 12.0 Å². The van der Waals surface area contributed by atoms with Crippen molar-refractivity contribution in [2.24, 2.45) is 0 Å². The molecule has 0 spiro atoms. The fourth-order valence-corrected chi connectivity index (χ4v) is 3.99. The van der Waals surface area contributed by atoms with Gasteiger partial charge in [-0.05, 0) is 48.1 Å². The predicted molar refractivity (Wildman–Crippen MR) is 106 cm³/mol. The zero-order valence-electron chi connectivity index (χ0n) is 14.9. The third-order valence-corrected chi connectivity index (χ3v) is 5.53. The van der Waals surface area contributed by atoms with E-state index in [4.69, 9.17) is 4.74 Å². The average molecular weight is 379 g/mol. The number of nitrogens with zero attached hydrogens (tertiary/aromatic N) is 2. The molecule has 1 aliphatic rings. The number of aryl methyl sites for hydroxylation is 1. The Bertz CT molecular complexity index is 897. The van der Waals surface area contributed by atoms with Crippen LogP contribution in [0.4, 0.5) is 0 Å². The topological polar surface area (TPSA) is 64.1 Å². The summed E-state index contributed by atoms with van der Waals surface area (Å²) in [5, 5.41) is 5.07. The number of hydrogen-bond donors (Lipinski definition) is 1. The first-order valence-electron chi connectivity index (χ1n) is 9.13. The van der Waals surface area contributed by atoms with E-state index in [0.29, 0.717) is 13.0 Å². The molecule has 1 N–H and O–H groups in total. The number of carbonyl (C=O) groups is 1. The van der Waals surface area contributed by atoms with Gasteiger partial charge in [0.15, 0.2) is 0 Å². The van der Waals surface area contributed by atoms with Gasteiger partial charge in [0.05, 0.1) is 18.4 Å². The Kier molecular flexibility index (Phi) is 5.44. The largest absolute Gasteiger partial charge is 0.488 e. The van der Waals surface area contributed by atoms with Crippen molar-refractivity contribution in [3.8, 4) is 17.0 Å². The van der Waals surface area contributed by atoms with Crippen LogP contribution in [0.1, 0.15) is 23.3 Å². The lowest BCUT2D eigenvalue weighted by molar-refractivity contribution is -0.121. The summed E-state index contributed by atoms with van der Waals surface area (Å²) in [5.74, 6) is 0.978. The quantitative estimate of drug-likeness (QED) is 0.681. The second-order valence-corrected chi connectivity index (χ2v) is 7.63. The van der Waals surface area contributed by atoms with Gasteiger partial charge in [-0.1, -0.05) is 6.07 Å². The molecule has 4 rings (SSSR count). The van der Waals surface area contributed by atoms with Gasteiger partial charge in [-0.2, -0.15) is 0 Å². The van der Waals surface area contributed by atoms with Gasteiger partial charge >= 0.3 is 0 Å². The van der Waals surface area contributed by atoms with E-state index in [1.807, 2.05) is 18.2 Å². The number of thiophene rings is 1. The van der Waals surface area contributed by atoms with Crippen LogP contribution in [0.15, 0.2) is 54.3 Å². The minimum atomic E-state index is -0.0154. The standard InChI is InChI=1S/C21H21N3O2S/c25-21(5-1-3-18-4-2-10-27-18)24-13-17-12-16-11-15(6-7-20(16)26-17)19-14-22-8-9-23-19/h2,4,6-11,14,17H,1,3,5,12-13H2,(H,24,25)/t17-/m1/s1. The van der Waals surface area contributed by atoms with Gasteiger partial charge in [-0.3, -0.25) is 14.8 Å². The van der Waals surface area contributed by atoms with Crippen molar-refractivity contribution in [1.82, 2.24) is 15.3 Å². The summed E-state index contributed by atoms with van der Waals surface area (Å²) in [7, 11) is 0. The molecule has 1 atom stereocenters. The molecule has 27 heavy (non-hydrogen) atoms. The van der Waals surface area contributed by atoms with Crippen LogP contribution in [0.2, 0.25) is 0 Å². The first-order valence-corrected chi connectivity index (χ1v) is 10.0. The third kappa shape index (κ3) is 4.52. The van der Waals surface area contributed by atoms with Gasteiger partial charge in [-0.25, -0.2) is 0 Å². The Morgan fingerprint density at radius 2 is 2.26 bits per heavy atom. The Labute approximate surface area is 162 Å². The molecular formula is C21H21N3O2S. The minimum absolute atomic E-state index is 0.0154. The predicted octanol–water partition coefficient (Wildman–Crippen LogP) is 3.65. The lowest BCUT2D eigenvalue weighted by Gasteiger charge is -2.11. The number of rotatable bonds is 7. The van der Waals surface area contributed by atoms with E-state index in [1.54, 1.807) is 29.9 Å². The van der Waals surface area contributed by atoms with Crippen molar-refractivity contribution < 1.29 is 9.53 Å². The molecule has 1 amide bonds. The second-order valence-electron chi connectivity index (χ2n) is 6.59. The summed E-state index contributed by atoms with van der Waals surface area (Å²) >= 11 is 1.74. The maximum atomic E-state index is 12.1. The molecule has 0 saturated heterocycles. The maximum absolute atomic E-state index is 12.1. The molecule has 0 radical (unpaired) electrons. The van der Waals surface area contributed by atoms with E-state index in [0.717, 1.165) is 41.8 Å². The van der Waals surface area contributed by atoms with Crippen LogP contribution in [-0.2, 0) is 17.6 Å². The molecule has 138 valence electrons. The number of hydrogen-bond acceptors (Lipinski definition) is 5. The van der Waals surface area contributed by atoms with E-state index < -0.39 is 0 Å². The van der Waals surface area contributed by atoms with Crippen LogP contribution in [0.3, 0.4) is 0 Å². The van der Waals surface area contributed by atoms with Gasteiger partial charge in [0.2, 0.25) is 5.91 Å². The van der Waals surface area contributed by atoms with Gasteiger partial charge in [-0.15, -0.1) is 11.3 Å². The maximum Gasteiger partial charge on any atom is 0.220 e. The molecule has 5 nitrogen and oxygen atoms in total. The third-order valence-electron chi connectivity index (χ3n) is 4.59. The fraction of sp³-hybridized carbons (Fsp3) is 0.286. The number of benzene rings is 1. The number of fused-ring (bicyclic) bond motifs is 1. The second kappa shape index (κ2) is 8.31. The molecule has 0 fully saturated rings. The number of nitrogens with one attached hydrogen (secondary N) is 1. The Morgan fingerprint density at radius 3 is 3.07 bits per heavy atom. The number of carbonyl (C=O) groups excluding carboxylic acids is 1. The van der Waals surface area contributed by atoms with Crippen molar-refractivity contribution in [2.45, 2.75) is 31.8 Å². The zero-order valence-corrected chi connectivity index (χ0v) is 15.7. The Morgan fingerprint density at radius 1 is 1.30 bits per heavy atom. The van der Waals surface area contributed by atoms with Gasteiger partial charge in [0.1, 0.15) is 11.9 Å². The van der Waals surface area contributed by atoms with Crippen LogP contribution in [0.5, 0.6) is 5.75 Å². The number of amides is 1. The highest BCUT2D eigenvalue weighted by Crippen LogP contribution is 2.32. The van der Waals surface area contributed by atoms with E-state index in [1.165, 1.54) is 4.88 Å². The van der Waals surface area contributed by atoms with Crippen molar-refractivity contribution in [3.05, 3.63) is 64.7 Å². The van der Waals surface area contributed by atoms with Crippen molar-refractivity contribution >= 4 is 17.2 Å². The first-order chi connectivity index (χ1) is 13.3. The summed E-state index contributed by atoms with van der Waals surface area (Å²) in [6, 6.07) is 10.2. The molecule has 3 aromatic rings. The van der Waals surface area contributed by atoms with E-state index >= 15 is 0 Å². The molecule has 0 unspecified atom stereocenters. The Balaban J connectivity index is 1.25. The first kappa shape index (κ1) is 17.7. The molecule has 6 heteroatoms. The summed E-state index contributed by atoms with van der Waals surface area (Å²) < 4.78 is 5.96. The van der Waals surface area contributed by atoms with Crippen LogP contribution in [0, 0.1) is 0 Å². The van der Waals surface area contributed by atoms with Crippen molar-refractivity contribution in [2.75, 3.05) is 6.54 Å². The van der Waals surface area contributed by atoms with Gasteiger partial charge in [0.25, 0.3) is 0 Å². The summed E-state index contributed by atoms with van der Waals surface area (Å²) in [6.07, 6.45) is 8.27. The highest BCUT2D eigenvalue weighted by molar-refractivity contribution is 7.09. The molecule has 1 aliphatic heterocycles. The molecular weight excluding hydrogens is 358 g/mol. The Hall–Kier alpha value is -2.73. The molecule has 0 saturated carbocycles. The van der Waals surface area contributed by atoms with Crippen LogP contribution in [0.25, 0.3) is 11.3 Å². The molecule has 0 aliphatic carbocycles. The van der Waals surface area contributed by atoms with Gasteiger partial charge < -0.3 is 10.1 Å². The average Bonchev–Trinajstić information content (AvgIpc) is 3.36. The zero-order chi connectivity index (χ0) is 18.5. The molecule has 0 bridgehead atoms. The monoisotopic (exact) mass is 379 g/mol.